The quantitative estimate of drug-likeness (QED) is 0.833. The highest BCUT2D eigenvalue weighted by Crippen LogP contribution is 2.32. The lowest BCUT2D eigenvalue weighted by Gasteiger charge is -2.14. The van der Waals surface area contributed by atoms with Gasteiger partial charge in [0.1, 0.15) is 17.2 Å². The summed E-state index contributed by atoms with van der Waals surface area (Å²) in [5.41, 5.74) is 0.603. The Morgan fingerprint density at radius 3 is 2.43 bits per heavy atom. The zero-order valence-corrected chi connectivity index (χ0v) is 14.4. The van der Waals surface area contributed by atoms with Gasteiger partial charge in [0.05, 0.1) is 18.9 Å². The van der Waals surface area contributed by atoms with E-state index in [0.717, 1.165) is 0 Å². The van der Waals surface area contributed by atoms with Crippen LogP contribution in [0.2, 0.25) is 0 Å². The summed E-state index contributed by atoms with van der Waals surface area (Å²) >= 11 is 0. The third-order valence-electron chi connectivity index (χ3n) is 3.04. The van der Waals surface area contributed by atoms with Crippen LogP contribution in [0.4, 0.5) is 5.69 Å². The molecule has 7 nitrogen and oxygen atoms in total. The molecule has 2 aromatic rings. The molecule has 1 aromatic heterocycles. The van der Waals surface area contributed by atoms with E-state index in [0.29, 0.717) is 36.1 Å². The molecule has 126 valence electrons. The monoisotopic (exact) mass is 340 g/mol. The number of benzene rings is 1. The SMILES string of the molecule is CCOc1ccc(OCC)c(NS(=O)(=O)c2c(C)noc2C)c1. The molecule has 8 heteroatoms. The van der Waals surface area contributed by atoms with Crippen LogP contribution < -0.4 is 14.2 Å². The molecule has 0 aliphatic rings. The minimum absolute atomic E-state index is 0.0294. The maximum atomic E-state index is 12.6. The number of nitrogens with zero attached hydrogens (tertiary/aromatic N) is 1. The van der Waals surface area contributed by atoms with Crippen molar-refractivity contribution in [3.63, 3.8) is 0 Å². The van der Waals surface area contributed by atoms with Gasteiger partial charge in [0.15, 0.2) is 10.7 Å². The van der Waals surface area contributed by atoms with Gasteiger partial charge in [-0.15, -0.1) is 0 Å². The summed E-state index contributed by atoms with van der Waals surface area (Å²) in [5, 5.41) is 3.68. The number of hydrogen-bond donors (Lipinski definition) is 1. The number of nitrogens with one attached hydrogen (secondary N) is 1. The van der Waals surface area contributed by atoms with Gasteiger partial charge >= 0.3 is 0 Å². The van der Waals surface area contributed by atoms with E-state index >= 15 is 0 Å². The third kappa shape index (κ3) is 3.76. The fourth-order valence-electron chi connectivity index (χ4n) is 2.18. The molecule has 0 fully saturated rings. The van der Waals surface area contributed by atoms with E-state index in [1.165, 1.54) is 0 Å². The van der Waals surface area contributed by atoms with Gasteiger partial charge in [0.25, 0.3) is 10.0 Å². The molecule has 0 saturated heterocycles. The Morgan fingerprint density at radius 1 is 1.17 bits per heavy atom. The summed E-state index contributed by atoms with van der Waals surface area (Å²) in [4.78, 5) is 0.0294. The van der Waals surface area contributed by atoms with Crippen molar-refractivity contribution in [3.8, 4) is 11.5 Å². The first-order chi connectivity index (χ1) is 10.9. The highest BCUT2D eigenvalue weighted by atomic mass is 32.2. The van der Waals surface area contributed by atoms with Crippen molar-refractivity contribution in [1.29, 1.82) is 0 Å². The lowest BCUT2D eigenvalue weighted by molar-refractivity contribution is 0.332. The second-order valence-electron chi connectivity index (χ2n) is 4.78. The molecule has 0 radical (unpaired) electrons. The average Bonchev–Trinajstić information content (AvgIpc) is 2.82. The average molecular weight is 340 g/mol. The van der Waals surface area contributed by atoms with Crippen molar-refractivity contribution in [3.05, 3.63) is 29.7 Å². The van der Waals surface area contributed by atoms with Gasteiger partial charge in [-0.2, -0.15) is 0 Å². The Hall–Kier alpha value is -2.22. The fourth-order valence-corrected chi connectivity index (χ4v) is 3.57. The van der Waals surface area contributed by atoms with E-state index in [-0.39, 0.29) is 10.7 Å². The van der Waals surface area contributed by atoms with Crippen LogP contribution in [0.1, 0.15) is 25.3 Å². The highest BCUT2D eigenvalue weighted by molar-refractivity contribution is 7.92. The molecule has 0 amide bonds. The smallest absolute Gasteiger partial charge is 0.267 e. The van der Waals surface area contributed by atoms with Crippen molar-refractivity contribution in [2.24, 2.45) is 0 Å². The number of hydrogen-bond acceptors (Lipinski definition) is 6. The first-order valence-electron chi connectivity index (χ1n) is 7.24. The predicted molar refractivity (Wildman–Crippen MR) is 85.6 cm³/mol. The van der Waals surface area contributed by atoms with Gasteiger partial charge in [-0.3, -0.25) is 4.72 Å². The first-order valence-corrected chi connectivity index (χ1v) is 8.72. The Bertz CT molecular complexity index is 764. The van der Waals surface area contributed by atoms with Crippen LogP contribution in [0.25, 0.3) is 0 Å². The maximum absolute atomic E-state index is 12.6. The topological polar surface area (TPSA) is 90.7 Å². The van der Waals surface area contributed by atoms with Crippen LogP contribution in [-0.4, -0.2) is 26.8 Å². The number of rotatable bonds is 7. The van der Waals surface area contributed by atoms with Gasteiger partial charge in [0, 0.05) is 6.07 Å². The summed E-state index contributed by atoms with van der Waals surface area (Å²) in [6.45, 7) is 7.69. The maximum Gasteiger partial charge on any atom is 0.267 e. The summed E-state index contributed by atoms with van der Waals surface area (Å²) in [6, 6.07) is 4.98. The number of aryl methyl sites for hydroxylation is 2. The van der Waals surface area contributed by atoms with Crippen molar-refractivity contribution in [2.45, 2.75) is 32.6 Å². The largest absolute Gasteiger partial charge is 0.494 e. The molecule has 1 N–H and O–H groups in total. The zero-order valence-electron chi connectivity index (χ0n) is 13.5. The highest BCUT2D eigenvalue weighted by Gasteiger charge is 2.25. The number of aromatic nitrogens is 1. The van der Waals surface area contributed by atoms with Crippen molar-refractivity contribution in [1.82, 2.24) is 5.16 Å². The Labute approximate surface area is 135 Å². The van der Waals surface area contributed by atoms with Crippen molar-refractivity contribution >= 4 is 15.7 Å². The summed E-state index contributed by atoms with van der Waals surface area (Å²) in [6.07, 6.45) is 0. The molecule has 0 unspecified atom stereocenters. The first kappa shape index (κ1) is 17.1. The van der Waals surface area contributed by atoms with Crippen LogP contribution in [0, 0.1) is 13.8 Å². The molecular weight excluding hydrogens is 320 g/mol. The second-order valence-corrected chi connectivity index (χ2v) is 6.40. The Kier molecular flexibility index (Phi) is 5.15. The van der Waals surface area contributed by atoms with E-state index in [2.05, 4.69) is 9.88 Å². The van der Waals surface area contributed by atoms with Crippen LogP contribution in [0.15, 0.2) is 27.6 Å². The van der Waals surface area contributed by atoms with Crippen LogP contribution in [-0.2, 0) is 10.0 Å². The van der Waals surface area contributed by atoms with Gasteiger partial charge < -0.3 is 14.0 Å². The van der Waals surface area contributed by atoms with E-state index in [1.807, 2.05) is 13.8 Å². The van der Waals surface area contributed by atoms with E-state index in [1.54, 1.807) is 32.0 Å². The molecule has 0 aliphatic carbocycles. The minimum atomic E-state index is -3.85. The molecule has 2 rings (SSSR count). The molecule has 0 atom stereocenters. The van der Waals surface area contributed by atoms with Gasteiger partial charge in [-0.25, -0.2) is 8.42 Å². The van der Waals surface area contributed by atoms with E-state index in [9.17, 15) is 8.42 Å². The van der Waals surface area contributed by atoms with E-state index in [4.69, 9.17) is 14.0 Å². The Morgan fingerprint density at radius 2 is 1.87 bits per heavy atom. The minimum Gasteiger partial charge on any atom is -0.494 e. The number of sulfonamides is 1. The van der Waals surface area contributed by atoms with Crippen molar-refractivity contribution < 1.29 is 22.4 Å². The molecule has 23 heavy (non-hydrogen) atoms. The lowest BCUT2D eigenvalue weighted by Crippen LogP contribution is -2.15. The molecule has 1 heterocycles. The van der Waals surface area contributed by atoms with Gasteiger partial charge in [-0.1, -0.05) is 5.16 Å². The fraction of sp³-hybridized carbons (Fsp3) is 0.400. The molecule has 0 spiro atoms. The number of ether oxygens (including phenoxy) is 2. The molecule has 0 saturated carbocycles. The second kappa shape index (κ2) is 6.91. The lowest BCUT2D eigenvalue weighted by atomic mass is 10.3. The molecule has 1 aromatic carbocycles. The summed E-state index contributed by atoms with van der Waals surface area (Å²) in [7, 11) is -3.85. The molecular formula is C15H20N2O5S. The van der Waals surface area contributed by atoms with Gasteiger partial charge in [0.2, 0.25) is 0 Å². The van der Waals surface area contributed by atoms with E-state index < -0.39 is 10.0 Å². The van der Waals surface area contributed by atoms with Gasteiger partial charge in [-0.05, 0) is 39.8 Å². The predicted octanol–water partition coefficient (Wildman–Crippen LogP) is 2.89. The zero-order chi connectivity index (χ0) is 17.0. The molecule has 0 aliphatic heterocycles. The van der Waals surface area contributed by atoms with Crippen LogP contribution in [0.3, 0.4) is 0 Å². The standard InChI is InChI=1S/C15H20N2O5S/c1-5-20-12-7-8-14(21-6-2)13(9-12)17-23(18,19)15-10(3)16-22-11(15)4/h7-9,17H,5-6H2,1-4H3. The normalized spacial score (nSPS) is 11.3. The molecule has 0 bridgehead atoms. The van der Waals surface area contributed by atoms with Crippen LogP contribution >= 0.6 is 0 Å². The summed E-state index contributed by atoms with van der Waals surface area (Å²) < 4.78 is 43.6. The Balaban J connectivity index is 2.42. The van der Waals surface area contributed by atoms with Crippen molar-refractivity contribution in [2.75, 3.05) is 17.9 Å². The van der Waals surface area contributed by atoms with Crippen LogP contribution in [0.5, 0.6) is 11.5 Å². The third-order valence-corrected chi connectivity index (χ3v) is 4.65. The number of anilines is 1. The summed E-state index contributed by atoms with van der Waals surface area (Å²) in [5.74, 6) is 1.20.